The quantitative estimate of drug-likeness (QED) is 0.455. The molecule has 146 valence electrons. The summed E-state index contributed by atoms with van der Waals surface area (Å²) in [6.07, 6.45) is 1.43. The Labute approximate surface area is 174 Å². The van der Waals surface area contributed by atoms with Gasteiger partial charge in [-0.05, 0) is 35.7 Å². The van der Waals surface area contributed by atoms with Crippen LogP contribution in [0.3, 0.4) is 0 Å². The van der Waals surface area contributed by atoms with E-state index in [2.05, 4.69) is 15.6 Å². The van der Waals surface area contributed by atoms with E-state index in [0.29, 0.717) is 27.1 Å². The van der Waals surface area contributed by atoms with Crippen molar-refractivity contribution in [3.8, 4) is 16.3 Å². The van der Waals surface area contributed by atoms with Crippen LogP contribution in [0, 0.1) is 0 Å². The Bertz CT molecular complexity index is 1130. The Morgan fingerprint density at radius 1 is 1.03 bits per heavy atom. The van der Waals surface area contributed by atoms with Crippen molar-refractivity contribution in [3.05, 3.63) is 71.5 Å². The number of thiazole rings is 1. The summed E-state index contributed by atoms with van der Waals surface area (Å²) >= 11 is 2.66. The summed E-state index contributed by atoms with van der Waals surface area (Å²) in [6.45, 7) is 0. The first-order valence-electron chi connectivity index (χ1n) is 8.49. The molecule has 2 amide bonds. The zero-order valence-corrected chi connectivity index (χ0v) is 16.8. The molecule has 0 aliphatic heterocycles. The smallest absolute Gasteiger partial charge is 0.292 e. The number of hydrogen-bond donors (Lipinski definition) is 2. The van der Waals surface area contributed by atoms with Crippen LogP contribution in [-0.4, -0.2) is 23.9 Å². The lowest BCUT2D eigenvalue weighted by molar-refractivity contribution is 0.0994. The van der Waals surface area contributed by atoms with Gasteiger partial charge in [0.1, 0.15) is 16.4 Å². The molecule has 7 nitrogen and oxygen atoms in total. The zero-order valence-electron chi connectivity index (χ0n) is 15.2. The molecule has 3 heterocycles. The van der Waals surface area contributed by atoms with Crippen molar-refractivity contribution in [1.82, 2.24) is 4.98 Å². The summed E-state index contributed by atoms with van der Waals surface area (Å²) in [6, 6.07) is 13.9. The number of nitrogens with one attached hydrogen (secondary N) is 2. The molecule has 3 aromatic heterocycles. The average Bonchev–Trinajstić information content (AvgIpc) is 3.49. The van der Waals surface area contributed by atoms with Crippen LogP contribution in [0.1, 0.15) is 20.9 Å². The van der Waals surface area contributed by atoms with Crippen molar-refractivity contribution < 1.29 is 18.7 Å². The Hall–Kier alpha value is -3.43. The first kappa shape index (κ1) is 18.9. The van der Waals surface area contributed by atoms with Gasteiger partial charge in [0.25, 0.3) is 11.8 Å². The van der Waals surface area contributed by atoms with Gasteiger partial charge in [-0.3, -0.25) is 14.9 Å². The van der Waals surface area contributed by atoms with E-state index in [1.807, 2.05) is 17.5 Å². The third-order valence-corrected chi connectivity index (χ3v) is 5.69. The van der Waals surface area contributed by atoms with E-state index in [4.69, 9.17) is 9.15 Å². The molecule has 1 aromatic carbocycles. The predicted molar refractivity (Wildman–Crippen MR) is 113 cm³/mol. The third-order valence-electron chi connectivity index (χ3n) is 3.93. The van der Waals surface area contributed by atoms with Gasteiger partial charge in [0.2, 0.25) is 0 Å². The molecule has 2 N–H and O–H groups in total. The lowest BCUT2D eigenvalue weighted by atomic mass is 10.2. The van der Waals surface area contributed by atoms with Gasteiger partial charge in [0, 0.05) is 0 Å². The van der Waals surface area contributed by atoms with Crippen LogP contribution in [0.4, 0.5) is 10.1 Å². The van der Waals surface area contributed by atoms with E-state index in [0.717, 1.165) is 4.88 Å². The van der Waals surface area contributed by atoms with Crippen LogP contribution in [0.5, 0.6) is 5.75 Å². The van der Waals surface area contributed by atoms with E-state index in [-0.39, 0.29) is 17.6 Å². The number of anilines is 2. The molecule has 9 heteroatoms. The average molecular weight is 425 g/mol. The molecule has 0 radical (unpaired) electrons. The first-order chi connectivity index (χ1) is 14.2. The second kappa shape index (κ2) is 8.29. The molecule has 0 saturated heterocycles. The van der Waals surface area contributed by atoms with E-state index in [1.54, 1.807) is 36.4 Å². The van der Waals surface area contributed by atoms with Gasteiger partial charge >= 0.3 is 0 Å². The van der Waals surface area contributed by atoms with E-state index in [9.17, 15) is 9.59 Å². The standard InChI is InChI=1S/C20H15N3O4S2/c1-26-13-7-3-2-6-12(13)17(24)23-20-21-16(15-9-5-11-28-15)19(29-20)22-18(25)14-8-4-10-27-14/h2-11H,1H3,(H,22,25)(H,21,23,24). The van der Waals surface area contributed by atoms with Crippen LogP contribution in [0.2, 0.25) is 0 Å². The lowest BCUT2D eigenvalue weighted by Crippen LogP contribution is -2.12. The molecule has 0 unspecified atom stereocenters. The molecular formula is C20H15N3O4S2. The molecule has 0 atom stereocenters. The number of rotatable bonds is 6. The first-order valence-corrected chi connectivity index (χ1v) is 10.2. The SMILES string of the molecule is COc1ccccc1C(=O)Nc1nc(-c2cccs2)c(NC(=O)c2ccco2)s1. The number of carbonyl (C=O) groups excluding carboxylic acids is 2. The van der Waals surface area contributed by atoms with Crippen LogP contribution in [-0.2, 0) is 0 Å². The number of para-hydroxylation sites is 1. The molecule has 0 spiro atoms. The number of carbonyl (C=O) groups is 2. The lowest BCUT2D eigenvalue weighted by Gasteiger charge is -2.06. The van der Waals surface area contributed by atoms with Gasteiger partial charge in [-0.1, -0.05) is 29.5 Å². The van der Waals surface area contributed by atoms with Crippen molar-refractivity contribution in [1.29, 1.82) is 0 Å². The maximum Gasteiger partial charge on any atom is 0.292 e. The van der Waals surface area contributed by atoms with Crippen LogP contribution < -0.4 is 15.4 Å². The minimum Gasteiger partial charge on any atom is -0.496 e. The molecule has 0 bridgehead atoms. The summed E-state index contributed by atoms with van der Waals surface area (Å²) in [5.74, 6) is -0.0848. The topological polar surface area (TPSA) is 93.5 Å². The normalized spacial score (nSPS) is 10.5. The van der Waals surface area contributed by atoms with Crippen molar-refractivity contribution >= 4 is 44.6 Å². The minimum atomic E-state index is -0.390. The number of amides is 2. The minimum absolute atomic E-state index is 0.190. The largest absolute Gasteiger partial charge is 0.496 e. The zero-order chi connectivity index (χ0) is 20.2. The molecule has 0 aliphatic rings. The van der Waals surface area contributed by atoms with Crippen molar-refractivity contribution in [2.45, 2.75) is 0 Å². The van der Waals surface area contributed by atoms with E-state index >= 15 is 0 Å². The monoisotopic (exact) mass is 425 g/mol. The molecule has 0 fully saturated rings. The fourth-order valence-electron chi connectivity index (χ4n) is 2.61. The van der Waals surface area contributed by atoms with Crippen molar-refractivity contribution in [2.24, 2.45) is 0 Å². The number of hydrogen-bond acceptors (Lipinski definition) is 7. The summed E-state index contributed by atoms with van der Waals surface area (Å²) in [5, 5.41) is 8.39. The Morgan fingerprint density at radius 3 is 2.62 bits per heavy atom. The fraction of sp³-hybridized carbons (Fsp3) is 0.0500. The summed E-state index contributed by atoms with van der Waals surface area (Å²) in [5.41, 5.74) is 0.976. The third kappa shape index (κ3) is 4.05. The fourth-order valence-corrected chi connectivity index (χ4v) is 4.26. The van der Waals surface area contributed by atoms with Gasteiger partial charge in [0.05, 0.1) is 23.8 Å². The highest BCUT2D eigenvalue weighted by Gasteiger charge is 2.20. The predicted octanol–water partition coefficient (Wildman–Crippen LogP) is 4.98. The molecule has 29 heavy (non-hydrogen) atoms. The van der Waals surface area contributed by atoms with E-state index in [1.165, 1.54) is 36.0 Å². The number of aromatic nitrogens is 1. The number of ether oxygens (including phenoxy) is 1. The Balaban J connectivity index is 1.63. The van der Waals surface area contributed by atoms with Gasteiger partial charge in [-0.25, -0.2) is 4.98 Å². The van der Waals surface area contributed by atoms with Gasteiger partial charge < -0.3 is 14.5 Å². The second-order valence-corrected chi connectivity index (χ2v) is 7.71. The second-order valence-electron chi connectivity index (χ2n) is 5.76. The van der Waals surface area contributed by atoms with E-state index < -0.39 is 0 Å². The van der Waals surface area contributed by atoms with Gasteiger partial charge in [-0.2, -0.15) is 0 Å². The molecule has 0 saturated carbocycles. The maximum atomic E-state index is 12.7. The summed E-state index contributed by atoms with van der Waals surface area (Å²) < 4.78 is 10.4. The maximum absolute atomic E-state index is 12.7. The highest BCUT2D eigenvalue weighted by atomic mass is 32.1. The number of benzene rings is 1. The summed E-state index contributed by atoms with van der Waals surface area (Å²) in [4.78, 5) is 30.5. The number of methoxy groups -OCH3 is 1. The molecule has 0 aliphatic carbocycles. The van der Waals surface area contributed by atoms with Crippen LogP contribution >= 0.6 is 22.7 Å². The highest BCUT2D eigenvalue weighted by molar-refractivity contribution is 7.21. The number of furan rings is 1. The van der Waals surface area contributed by atoms with Crippen LogP contribution in [0.25, 0.3) is 10.6 Å². The summed E-state index contributed by atoms with van der Waals surface area (Å²) in [7, 11) is 1.51. The van der Waals surface area contributed by atoms with Crippen molar-refractivity contribution in [2.75, 3.05) is 17.7 Å². The van der Waals surface area contributed by atoms with Gasteiger partial charge in [-0.15, -0.1) is 11.3 Å². The molecular weight excluding hydrogens is 410 g/mol. The molecule has 4 rings (SSSR count). The van der Waals surface area contributed by atoms with Crippen LogP contribution in [0.15, 0.2) is 64.6 Å². The Kier molecular flexibility index (Phi) is 5.41. The van der Waals surface area contributed by atoms with Crippen molar-refractivity contribution in [3.63, 3.8) is 0 Å². The molecule has 4 aromatic rings. The highest BCUT2D eigenvalue weighted by Crippen LogP contribution is 2.38. The Morgan fingerprint density at radius 2 is 1.90 bits per heavy atom. The van der Waals surface area contributed by atoms with Gasteiger partial charge in [0.15, 0.2) is 10.9 Å². The number of thiophene rings is 1. The number of nitrogens with zero attached hydrogens (tertiary/aromatic N) is 1.